The number of hydrogen-bond acceptors (Lipinski definition) is 4. The van der Waals surface area contributed by atoms with Gasteiger partial charge in [-0.15, -0.1) is 0 Å². The molecule has 2 rings (SSSR count). The molecular formula is C13H14N2O4. The molecular weight excluding hydrogens is 248 g/mol. The fourth-order valence-corrected chi connectivity index (χ4v) is 1.99. The lowest BCUT2D eigenvalue weighted by molar-refractivity contribution is -0.141. The van der Waals surface area contributed by atoms with Crippen LogP contribution < -0.4 is 11.2 Å². The molecule has 0 saturated carbocycles. The zero-order chi connectivity index (χ0) is 14.0. The average Bonchev–Trinajstić information content (AvgIpc) is 2.38. The number of H-pyrrole nitrogens is 1. The van der Waals surface area contributed by atoms with E-state index in [-0.39, 0.29) is 6.42 Å². The minimum atomic E-state index is -0.562. The number of nitrogens with zero attached hydrogens (tertiary/aromatic N) is 1. The molecule has 0 spiro atoms. The fourth-order valence-electron chi connectivity index (χ4n) is 1.99. The molecule has 6 heteroatoms. The standard InChI is InChI=1S/C13H14N2O4/c1-8(7-11(16)19-2)15-12(17)9-5-3-4-6-10(9)14-13(15)18/h3-6,8H,7H2,1-2H3,(H,14,18). The summed E-state index contributed by atoms with van der Waals surface area (Å²) in [6.07, 6.45) is -0.0299. The normalized spacial score (nSPS) is 12.3. The van der Waals surface area contributed by atoms with Gasteiger partial charge in [0.1, 0.15) is 0 Å². The number of nitrogens with one attached hydrogen (secondary N) is 1. The molecule has 0 radical (unpaired) electrons. The Morgan fingerprint density at radius 3 is 2.74 bits per heavy atom. The fraction of sp³-hybridized carbons (Fsp3) is 0.308. The molecule has 0 aliphatic rings. The second-order valence-electron chi connectivity index (χ2n) is 4.28. The number of ether oxygens (including phenoxy) is 1. The first kappa shape index (κ1) is 13.1. The maximum Gasteiger partial charge on any atom is 0.329 e. The molecule has 0 saturated heterocycles. The van der Waals surface area contributed by atoms with Crippen LogP contribution in [0.2, 0.25) is 0 Å². The number of fused-ring (bicyclic) bond motifs is 1. The first-order chi connectivity index (χ1) is 9.04. The van der Waals surface area contributed by atoms with Gasteiger partial charge in [0.05, 0.1) is 24.4 Å². The van der Waals surface area contributed by atoms with Gasteiger partial charge in [0, 0.05) is 6.04 Å². The second-order valence-corrected chi connectivity index (χ2v) is 4.28. The quantitative estimate of drug-likeness (QED) is 0.830. The lowest BCUT2D eigenvalue weighted by Crippen LogP contribution is -2.37. The number of carbonyl (C=O) groups excluding carboxylic acids is 1. The number of aromatic amines is 1. The highest BCUT2D eigenvalue weighted by molar-refractivity contribution is 5.77. The van der Waals surface area contributed by atoms with Gasteiger partial charge in [-0.25, -0.2) is 4.79 Å². The minimum Gasteiger partial charge on any atom is -0.469 e. The number of rotatable bonds is 3. The van der Waals surface area contributed by atoms with E-state index >= 15 is 0 Å². The van der Waals surface area contributed by atoms with Crippen molar-refractivity contribution < 1.29 is 9.53 Å². The third-order valence-electron chi connectivity index (χ3n) is 2.97. The largest absolute Gasteiger partial charge is 0.469 e. The second kappa shape index (κ2) is 5.09. The predicted molar refractivity (Wildman–Crippen MR) is 70.2 cm³/mol. The molecule has 19 heavy (non-hydrogen) atoms. The van der Waals surface area contributed by atoms with E-state index in [9.17, 15) is 14.4 Å². The number of carbonyl (C=O) groups is 1. The van der Waals surface area contributed by atoms with Gasteiger partial charge in [-0.2, -0.15) is 0 Å². The van der Waals surface area contributed by atoms with Crippen molar-refractivity contribution in [1.29, 1.82) is 0 Å². The van der Waals surface area contributed by atoms with Gasteiger partial charge in [0.25, 0.3) is 5.56 Å². The Morgan fingerprint density at radius 2 is 2.05 bits per heavy atom. The van der Waals surface area contributed by atoms with Gasteiger partial charge < -0.3 is 9.72 Å². The van der Waals surface area contributed by atoms with E-state index in [0.29, 0.717) is 10.9 Å². The van der Waals surface area contributed by atoms with Gasteiger partial charge in [-0.05, 0) is 19.1 Å². The average molecular weight is 262 g/mol. The smallest absolute Gasteiger partial charge is 0.329 e. The van der Waals surface area contributed by atoms with Crippen LogP contribution in [0, 0.1) is 0 Å². The van der Waals surface area contributed by atoms with Crippen molar-refractivity contribution in [3.63, 3.8) is 0 Å². The minimum absolute atomic E-state index is 0.0299. The number of para-hydroxylation sites is 1. The highest BCUT2D eigenvalue weighted by atomic mass is 16.5. The van der Waals surface area contributed by atoms with Gasteiger partial charge in [-0.1, -0.05) is 12.1 Å². The van der Waals surface area contributed by atoms with E-state index in [0.717, 1.165) is 4.57 Å². The lowest BCUT2D eigenvalue weighted by atomic mass is 10.2. The first-order valence-electron chi connectivity index (χ1n) is 5.85. The van der Waals surface area contributed by atoms with Gasteiger partial charge in [-0.3, -0.25) is 14.2 Å². The summed E-state index contributed by atoms with van der Waals surface area (Å²) < 4.78 is 5.58. The number of aromatic nitrogens is 2. The summed E-state index contributed by atoms with van der Waals surface area (Å²) in [4.78, 5) is 38.0. The summed E-state index contributed by atoms with van der Waals surface area (Å²) in [5, 5.41) is 0.416. The molecule has 0 fully saturated rings. The molecule has 0 aliphatic carbocycles. The molecule has 1 heterocycles. The third kappa shape index (κ3) is 2.42. The van der Waals surface area contributed by atoms with Crippen molar-refractivity contribution in [2.75, 3.05) is 7.11 Å². The van der Waals surface area contributed by atoms with Crippen LogP contribution >= 0.6 is 0 Å². The Balaban J connectivity index is 2.58. The molecule has 0 bridgehead atoms. The summed E-state index contributed by atoms with van der Waals surface area (Å²) in [7, 11) is 1.27. The van der Waals surface area contributed by atoms with E-state index < -0.39 is 23.3 Å². The number of methoxy groups -OCH3 is 1. The zero-order valence-electron chi connectivity index (χ0n) is 10.7. The molecule has 1 aromatic heterocycles. The zero-order valence-corrected chi connectivity index (χ0v) is 10.7. The van der Waals surface area contributed by atoms with Crippen LogP contribution in [0.1, 0.15) is 19.4 Å². The molecule has 100 valence electrons. The van der Waals surface area contributed by atoms with E-state index in [4.69, 9.17) is 0 Å². The molecule has 6 nitrogen and oxygen atoms in total. The predicted octanol–water partition coefficient (Wildman–Crippen LogP) is 0.814. The van der Waals surface area contributed by atoms with Crippen molar-refractivity contribution in [3.8, 4) is 0 Å². The highest BCUT2D eigenvalue weighted by Crippen LogP contribution is 2.09. The van der Waals surface area contributed by atoms with Crippen molar-refractivity contribution in [1.82, 2.24) is 9.55 Å². The molecule has 1 aromatic carbocycles. The lowest BCUT2D eigenvalue weighted by Gasteiger charge is -2.13. The van der Waals surface area contributed by atoms with E-state index in [1.54, 1.807) is 31.2 Å². The van der Waals surface area contributed by atoms with Crippen LogP contribution in [0.4, 0.5) is 0 Å². The number of benzene rings is 1. The van der Waals surface area contributed by atoms with Crippen LogP contribution in [0.15, 0.2) is 33.9 Å². The molecule has 0 aliphatic heterocycles. The van der Waals surface area contributed by atoms with Crippen molar-refractivity contribution >= 4 is 16.9 Å². The third-order valence-corrected chi connectivity index (χ3v) is 2.97. The SMILES string of the molecule is COC(=O)CC(C)n1c(=O)[nH]c2ccccc2c1=O. The Labute approximate surface area is 108 Å². The first-order valence-corrected chi connectivity index (χ1v) is 5.85. The van der Waals surface area contributed by atoms with Crippen LogP contribution in [-0.2, 0) is 9.53 Å². The van der Waals surface area contributed by atoms with Crippen LogP contribution in [0.25, 0.3) is 10.9 Å². The molecule has 1 unspecified atom stereocenters. The maximum absolute atomic E-state index is 12.3. The summed E-state index contributed by atoms with van der Waals surface area (Å²) in [5.74, 6) is -0.466. The van der Waals surface area contributed by atoms with Crippen molar-refractivity contribution in [3.05, 3.63) is 45.1 Å². The summed E-state index contributed by atoms with van der Waals surface area (Å²) in [6, 6.07) is 6.19. The molecule has 1 N–H and O–H groups in total. The van der Waals surface area contributed by atoms with Gasteiger partial charge in [0.2, 0.25) is 0 Å². The van der Waals surface area contributed by atoms with Crippen molar-refractivity contribution in [2.45, 2.75) is 19.4 Å². The highest BCUT2D eigenvalue weighted by Gasteiger charge is 2.16. The Morgan fingerprint density at radius 1 is 1.37 bits per heavy atom. The number of hydrogen-bond donors (Lipinski definition) is 1. The maximum atomic E-state index is 12.3. The number of esters is 1. The van der Waals surface area contributed by atoms with E-state index in [1.807, 2.05) is 0 Å². The van der Waals surface area contributed by atoms with Gasteiger partial charge in [0.15, 0.2) is 0 Å². The van der Waals surface area contributed by atoms with E-state index in [1.165, 1.54) is 7.11 Å². The Hall–Kier alpha value is -2.37. The summed E-state index contributed by atoms with van der Waals surface area (Å²) >= 11 is 0. The molecule has 1 atom stereocenters. The van der Waals surface area contributed by atoms with Crippen LogP contribution in [0.5, 0.6) is 0 Å². The monoisotopic (exact) mass is 262 g/mol. The molecule has 2 aromatic rings. The summed E-state index contributed by atoms with van der Waals surface area (Å²) in [6.45, 7) is 1.63. The van der Waals surface area contributed by atoms with E-state index in [2.05, 4.69) is 9.72 Å². The molecule has 0 amide bonds. The van der Waals surface area contributed by atoms with Crippen molar-refractivity contribution in [2.24, 2.45) is 0 Å². The Kier molecular flexibility index (Phi) is 3.50. The van der Waals surface area contributed by atoms with Gasteiger partial charge >= 0.3 is 11.7 Å². The summed E-state index contributed by atoms with van der Waals surface area (Å²) in [5.41, 5.74) is -0.449. The van der Waals surface area contributed by atoms with Crippen LogP contribution in [-0.4, -0.2) is 22.6 Å². The Bertz CT molecular complexity index is 729. The van der Waals surface area contributed by atoms with Crippen LogP contribution in [0.3, 0.4) is 0 Å². The topological polar surface area (TPSA) is 81.2 Å².